The van der Waals surface area contributed by atoms with Gasteiger partial charge in [-0.1, -0.05) is 36.2 Å². The van der Waals surface area contributed by atoms with Crippen LogP contribution in [-0.4, -0.2) is 12.6 Å². The number of hydrogen-bond donors (Lipinski definition) is 1. The highest BCUT2D eigenvalue weighted by Gasteiger charge is 2.10. The van der Waals surface area contributed by atoms with Crippen molar-refractivity contribution >= 4 is 34.5 Å². The lowest BCUT2D eigenvalue weighted by Gasteiger charge is -2.19. The van der Waals surface area contributed by atoms with Gasteiger partial charge in [-0.25, -0.2) is 0 Å². The summed E-state index contributed by atoms with van der Waals surface area (Å²) in [6.07, 6.45) is 4.39. The second kappa shape index (κ2) is 8.79. The van der Waals surface area contributed by atoms with Crippen LogP contribution in [0, 0.1) is 0 Å². The first kappa shape index (κ1) is 16.8. The Labute approximate surface area is 141 Å². The molecule has 0 aliphatic carbocycles. The van der Waals surface area contributed by atoms with E-state index in [2.05, 4.69) is 35.1 Å². The van der Waals surface area contributed by atoms with Gasteiger partial charge >= 0.3 is 0 Å². The van der Waals surface area contributed by atoms with Crippen LogP contribution in [0.2, 0.25) is 10.0 Å². The van der Waals surface area contributed by atoms with Crippen molar-refractivity contribution in [3.05, 3.63) is 56.2 Å². The summed E-state index contributed by atoms with van der Waals surface area (Å²) in [6, 6.07) is 8.62. The summed E-state index contributed by atoms with van der Waals surface area (Å²) in [7, 11) is 0. The summed E-state index contributed by atoms with van der Waals surface area (Å²) in [5.74, 6) is 0. The molecule has 0 fully saturated rings. The van der Waals surface area contributed by atoms with Gasteiger partial charge < -0.3 is 5.32 Å². The molecule has 0 aliphatic heterocycles. The maximum atomic E-state index is 6.11. The van der Waals surface area contributed by atoms with Crippen molar-refractivity contribution in [2.45, 2.75) is 38.6 Å². The van der Waals surface area contributed by atoms with E-state index in [0.717, 1.165) is 32.2 Å². The van der Waals surface area contributed by atoms with Crippen molar-refractivity contribution < 1.29 is 0 Å². The lowest BCUT2D eigenvalue weighted by atomic mass is 10.00. The number of nitrogens with one attached hydrogen (secondary N) is 1. The molecule has 0 radical (unpaired) electrons. The molecule has 21 heavy (non-hydrogen) atoms. The Morgan fingerprint density at radius 3 is 2.67 bits per heavy atom. The minimum atomic E-state index is 0.474. The molecule has 0 saturated carbocycles. The smallest absolute Gasteiger partial charge is 0.0595 e. The molecule has 1 nitrogen and oxygen atoms in total. The molecule has 1 unspecified atom stereocenters. The van der Waals surface area contributed by atoms with Crippen LogP contribution in [0.15, 0.2) is 35.0 Å². The van der Waals surface area contributed by atoms with Gasteiger partial charge in [0, 0.05) is 6.04 Å². The Morgan fingerprint density at radius 2 is 2.00 bits per heavy atom. The van der Waals surface area contributed by atoms with Gasteiger partial charge in [-0.2, -0.15) is 11.3 Å². The largest absolute Gasteiger partial charge is 0.314 e. The van der Waals surface area contributed by atoms with Gasteiger partial charge in [0.25, 0.3) is 0 Å². The van der Waals surface area contributed by atoms with E-state index in [1.54, 1.807) is 11.3 Å². The van der Waals surface area contributed by atoms with Crippen molar-refractivity contribution in [3.63, 3.8) is 0 Å². The van der Waals surface area contributed by atoms with Crippen LogP contribution in [-0.2, 0) is 12.8 Å². The molecule has 2 aromatic rings. The highest BCUT2D eigenvalue weighted by atomic mass is 35.5. The van der Waals surface area contributed by atoms with Gasteiger partial charge in [-0.15, -0.1) is 0 Å². The number of benzene rings is 1. The normalized spacial score (nSPS) is 12.5. The van der Waals surface area contributed by atoms with Gasteiger partial charge in [0.05, 0.1) is 10.0 Å². The maximum Gasteiger partial charge on any atom is 0.0595 e. The van der Waals surface area contributed by atoms with Gasteiger partial charge in [-0.3, -0.25) is 0 Å². The SMILES string of the molecule is CCCNC(CCc1ccsc1)Cc1ccc(Cl)c(Cl)c1. The first-order valence-corrected chi connectivity index (χ1v) is 9.07. The summed E-state index contributed by atoms with van der Waals surface area (Å²) >= 11 is 13.9. The van der Waals surface area contributed by atoms with Crippen LogP contribution in [0.1, 0.15) is 30.9 Å². The van der Waals surface area contributed by atoms with Gasteiger partial charge in [0.2, 0.25) is 0 Å². The molecule has 1 aromatic heterocycles. The van der Waals surface area contributed by atoms with Crippen LogP contribution >= 0.6 is 34.5 Å². The Morgan fingerprint density at radius 1 is 1.14 bits per heavy atom. The molecular formula is C17H21Cl2NS. The van der Waals surface area contributed by atoms with Gasteiger partial charge in [0.15, 0.2) is 0 Å². The fourth-order valence-electron chi connectivity index (χ4n) is 2.35. The Hall–Kier alpha value is -0.540. The lowest BCUT2D eigenvalue weighted by molar-refractivity contribution is 0.478. The van der Waals surface area contributed by atoms with E-state index in [1.807, 2.05) is 12.1 Å². The highest BCUT2D eigenvalue weighted by Crippen LogP contribution is 2.23. The molecule has 0 bridgehead atoms. The summed E-state index contributed by atoms with van der Waals surface area (Å²) in [5, 5.41) is 9.28. The molecule has 0 spiro atoms. The zero-order valence-corrected chi connectivity index (χ0v) is 14.6. The molecule has 0 aliphatic rings. The fourth-order valence-corrected chi connectivity index (χ4v) is 3.38. The molecule has 4 heteroatoms. The quantitative estimate of drug-likeness (QED) is 0.658. The molecule has 1 heterocycles. The highest BCUT2D eigenvalue weighted by molar-refractivity contribution is 7.07. The third-order valence-electron chi connectivity index (χ3n) is 3.51. The molecule has 2 rings (SSSR count). The predicted octanol–water partition coefficient (Wildman–Crippen LogP) is 5.60. The first-order valence-electron chi connectivity index (χ1n) is 7.37. The Bertz CT molecular complexity index is 540. The average Bonchev–Trinajstić information content (AvgIpc) is 2.99. The zero-order chi connectivity index (χ0) is 15.1. The van der Waals surface area contributed by atoms with Gasteiger partial charge in [0.1, 0.15) is 0 Å². The summed E-state index contributed by atoms with van der Waals surface area (Å²) in [6.45, 7) is 3.25. The van der Waals surface area contributed by atoms with Crippen molar-refractivity contribution in [3.8, 4) is 0 Å². The summed E-state index contributed by atoms with van der Waals surface area (Å²) in [4.78, 5) is 0. The van der Waals surface area contributed by atoms with Crippen molar-refractivity contribution in [1.29, 1.82) is 0 Å². The van der Waals surface area contributed by atoms with Crippen LogP contribution in [0.3, 0.4) is 0 Å². The standard InChI is InChI=1S/C17H21Cl2NS/c1-2-8-20-15(5-3-13-7-9-21-12-13)10-14-4-6-16(18)17(19)11-14/h4,6-7,9,11-12,15,20H,2-3,5,8,10H2,1H3. The van der Waals surface area contributed by atoms with Crippen molar-refractivity contribution in [1.82, 2.24) is 5.32 Å². The van der Waals surface area contributed by atoms with E-state index in [4.69, 9.17) is 23.2 Å². The van der Waals surface area contributed by atoms with E-state index in [0.29, 0.717) is 16.1 Å². The van der Waals surface area contributed by atoms with Crippen LogP contribution < -0.4 is 5.32 Å². The predicted molar refractivity (Wildman–Crippen MR) is 94.9 cm³/mol. The van der Waals surface area contributed by atoms with Crippen molar-refractivity contribution in [2.24, 2.45) is 0 Å². The Balaban J connectivity index is 1.95. The van der Waals surface area contributed by atoms with Crippen molar-refractivity contribution in [2.75, 3.05) is 6.54 Å². The minimum Gasteiger partial charge on any atom is -0.314 e. The Kier molecular flexibility index (Phi) is 7.05. The second-order valence-electron chi connectivity index (χ2n) is 5.27. The van der Waals surface area contributed by atoms with Crippen LogP contribution in [0.4, 0.5) is 0 Å². The van der Waals surface area contributed by atoms with Crippen LogP contribution in [0.25, 0.3) is 0 Å². The van der Waals surface area contributed by atoms with E-state index in [-0.39, 0.29) is 0 Å². The van der Waals surface area contributed by atoms with E-state index >= 15 is 0 Å². The molecule has 0 amide bonds. The molecular weight excluding hydrogens is 321 g/mol. The third-order valence-corrected chi connectivity index (χ3v) is 4.98. The summed E-state index contributed by atoms with van der Waals surface area (Å²) < 4.78 is 0. The first-order chi connectivity index (χ1) is 10.2. The number of thiophene rings is 1. The number of aryl methyl sites for hydroxylation is 1. The van der Waals surface area contributed by atoms with E-state index < -0.39 is 0 Å². The number of hydrogen-bond acceptors (Lipinski definition) is 2. The molecule has 0 saturated heterocycles. The van der Waals surface area contributed by atoms with E-state index in [9.17, 15) is 0 Å². The fraction of sp³-hybridized carbons (Fsp3) is 0.412. The molecule has 1 aromatic carbocycles. The molecule has 114 valence electrons. The summed E-state index contributed by atoms with van der Waals surface area (Å²) in [5.41, 5.74) is 2.67. The molecule has 1 N–H and O–H groups in total. The monoisotopic (exact) mass is 341 g/mol. The maximum absolute atomic E-state index is 6.11. The zero-order valence-electron chi connectivity index (χ0n) is 12.2. The number of halogens is 2. The lowest BCUT2D eigenvalue weighted by Crippen LogP contribution is -2.32. The van der Waals surface area contributed by atoms with Gasteiger partial charge in [-0.05, 0) is 72.3 Å². The molecule has 1 atom stereocenters. The third kappa shape index (κ3) is 5.63. The van der Waals surface area contributed by atoms with Crippen LogP contribution in [0.5, 0.6) is 0 Å². The van der Waals surface area contributed by atoms with E-state index in [1.165, 1.54) is 11.1 Å². The number of rotatable bonds is 8. The topological polar surface area (TPSA) is 12.0 Å². The second-order valence-corrected chi connectivity index (χ2v) is 6.87. The minimum absolute atomic E-state index is 0.474. The average molecular weight is 342 g/mol.